The molecule has 33 heavy (non-hydrogen) atoms. The lowest BCUT2D eigenvalue weighted by Crippen LogP contribution is -2.58. The summed E-state index contributed by atoms with van der Waals surface area (Å²) in [5, 5.41) is 9.97. The molecule has 2 amide bonds. The predicted octanol–water partition coefficient (Wildman–Crippen LogP) is 4.72. The van der Waals surface area contributed by atoms with E-state index in [2.05, 4.69) is 11.8 Å². The minimum Gasteiger partial charge on any atom is -0.497 e. The van der Waals surface area contributed by atoms with Crippen LogP contribution in [0.4, 0.5) is 19.3 Å². The highest BCUT2D eigenvalue weighted by Crippen LogP contribution is 2.26. The molecule has 0 heterocycles. The van der Waals surface area contributed by atoms with Crippen molar-refractivity contribution in [1.29, 1.82) is 0 Å². The average molecular weight is 459 g/mol. The first-order chi connectivity index (χ1) is 15.5. The van der Waals surface area contributed by atoms with Crippen molar-refractivity contribution >= 4 is 17.7 Å². The molecule has 0 radical (unpaired) electrons. The van der Waals surface area contributed by atoms with Gasteiger partial charge in [-0.05, 0) is 69.7 Å². The molecule has 6 nitrogen and oxygen atoms in total. The van der Waals surface area contributed by atoms with Crippen LogP contribution in [0.15, 0.2) is 42.5 Å². The Kier molecular flexibility index (Phi) is 8.41. The Morgan fingerprint density at radius 2 is 1.67 bits per heavy atom. The standard InChI is InChI=1S/C25H28F2N2O4/c1-6-7-12-28(20-8-10-21(33-5)11-9-20)23(30)22(29(24(31)32)25(2,3)4)15-17-13-18(26)16-19(27)14-17/h8-11,13-14,16,22H,12,15H2,1-5H3,(H,31,32). The van der Waals surface area contributed by atoms with Crippen molar-refractivity contribution in [2.45, 2.75) is 45.7 Å². The molecule has 0 fully saturated rings. The van der Waals surface area contributed by atoms with Crippen LogP contribution in [0.3, 0.4) is 0 Å². The summed E-state index contributed by atoms with van der Waals surface area (Å²) in [5.41, 5.74) is -0.323. The molecule has 0 bridgehead atoms. The molecule has 8 heteroatoms. The molecule has 2 aromatic carbocycles. The van der Waals surface area contributed by atoms with Gasteiger partial charge in [0.05, 0.1) is 13.7 Å². The van der Waals surface area contributed by atoms with Crippen molar-refractivity contribution in [2.24, 2.45) is 0 Å². The summed E-state index contributed by atoms with van der Waals surface area (Å²) in [6.45, 7) is 6.58. The maximum atomic E-state index is 13.8. The number of carbonyl (C=O) groups excluding carboxylic acids is 1. The van der Waals surface area contributed by atoms with Gasteiger partial charge in [0.2, 0.25) is 0 Å². The number of ether oxygens (including phenoxy) is 1. The van der Waals surface area contributed by atoms with Crippen LogP contribution < -0.4 is 9.64 Å². The van der Waals surface area contributed by atoms with E-state index in [9.17, 15) is 23.5 Å². The lowest BCUT2D eigenvalue weighted by atomic mass is 9.97. The summed E-state index contributed by atoms with van der Waals surface area (Å²) in [7, 11) is 1.52. The van der Waals surface area contributed by atoms with E-state index in [1.807, 2.05) is 0 Å². The van der Waals surface area contributed by atoms with Gasteiger partial charge in [-0.2, -0.15) is 0 Å². The minimum absolute atomic E-state index is 0.00722. The molecule has 1 unspecified atom stereocenters. The molecule has 0 aliphatic heterocycles. The highest BCUT2D eigenvalue weighted by Gasteiger charge is 2.39. The Labute approximate surface area is 192 Å². The quantitative estimate of drug-likeness (QED) is 0.610. The normalized spacial score (nSPS) is 11.7. The van der Waals surface area contributed by atoms with E-state index in [0.717, 1.165) is 23.1 Å². The molecule has 1 N–H and O–H groups in total. The molecule has 0 spiro atoms. The van der Waals surface area contributed by atoms with Gasteiger partial charge < -0.3 is 9.84 Å². The zero-order valence-corrected chi connectivity index (χ0v) is 19.4. The number of hydrogen-bond donors (Lipinski definition) is 1. The molecule has 1 atom stereocenters. The van der Waals surface area contributed by atoms with Crippen LogP contribution in [0.25, 0.3) is 0 Å². The predicted molar refractivity (Wildman–Crippen MR) is 122 cm³/mol. The second kappa shape index (κ2) is 10.8. The number of benzene rings is 2. The Morgan fingerprint density at radius 3 is 2.12 bits per heavy atom. The number of rotatable bonds is 7. The van der Waals surface area contributed by atoms with Gasteiger partial charge in [-0.1, -0.05) is 5.92 Å². The molecule has 2 rings (SSSR count). The topological polar surface area (TPSA) is 70.1 Å². The summed E-state index contributed by atoms with van der Waals surface area (Å²) >= 11 is 0. The number of hydrogen-bond acceptors (Lipinski definition) is 3. The zero-order chi connectivity index (χ0) is 24.8. The van der Waals surface area contributed by atoms with Gasteiger partial charge in [-0.3, -0.25) is 14.6 Å². The van der Waals surface area contributed by atoms with Gasteiger partial charge in [-0.25, -0.2) is 13.6 Å². The number of methoxy groups -OCH3 is 1. The van der Waals surface area contributed by atoms with Crippen molar-refractivity contribution in [3.8, 4) is 17.6 Å². The monoisotopic (exact) mass is 458 g/mol. The molecule has 0 aliphatic rings. The first-order valence-corrected chi connectivity index (χ1v) is 10.3. The molecule has 0 aromatic heterocycles. The van der Waals surface area contributed by atoms with Crippen molar-refractivity contribution in [2.75, 3.05) is 18.6 Å². The lowest BCUT2D eigenvalue weighted by molar-refractivity contribution is -0.124. The van der Waals surface area contributed by atoms with Crippen LogP contribution in [-0.4, -0.2) is 47.2 Å². The third-order valence-electron chi connectivity index (χ3n) is 4.94. The van der Waals surface area contributed by atoms with E-state index in [4.69, 9.17) is 4.74 Å². The third-order valence-corrected chi connectivity index (χ3v) is 4.94. The number of nitrogens with zero attached hydrogens (tertiary/aromatic N) is 2. The summed E-state index contributed by atoms with van der Waals surface area (Å²) in [6.07, 6.45) is -1.54. The second-order valence-electron chi connectivity index (χ2n) is 8.37. The van der Waals surface area contributed by atoms with Gasteiger partial charge >= 0.3 is 6.09 Å². The van der Waals surface area contributed by atoms with E-state index >= 15 is 0 Å². The third kappa shape index (κ3) is 6.69. The maximum Gasteiger partial charge on any atom is 0.408 e. The molecule has 2 aromatic rings. The van der Waals surface area contributed by atoms with E-state index in [-0.39, 0.29) is 18.5 Å². The number of carboxylic acid groups (broad SMARTS) is 1. The van der Waals surface area contributed by atoms with Gasteiger partial charge in [0.25, 0.3) is 5.91 Å². The molecule has 0 saturated heterocycles. The van der Waals surface area contributed by atoms with E-state index in [0.29, 0.717) is 11.4 Å². The van der Waals surface area contributed by atoms with E-state index in [1.165, 1.54) is 12.0 Å². The van der Waals surface area contributed by atoms with Gasteiger partial charge in [-0.15, -0.1) is 5.92 Å². The summed E-state index contributed by atoms with van der Waals surface area (Å²) < 4.78 is 32.8. The fraction of sp³-hybridized carbons (Fsp3) is 0.360. The van der Waals surface area contributed by atoms with Crippen LogP contribution >= 0.6 is 0 Å². The summed E-state index contributed by atoms with van der Waals surface area (Å²) in [4.78, 5) is 28.4. The largest absolute Gasteiger partial charge is 0.497 e. The summed E-state index contributed by atoms with van der Waals surface area (Å²) in [5.74, 6) is 3.98. The minimum atomic E-state index is -1.33. The smallest absolute Gasteiger partial charge is 0.408 e. The first kappa shape index (κ1) is 25.7. The highest BCUT2D eigenvalue weighted by atomic mass is 19.1. The SMILES string of the molecule is CC#CCN(C(=O)C(Cc1cc(F)cc(F)c1)N(C(=O)O)C(C)(C)C)c1ccc(OC)cc1. The van der Waals surface area contributed by atoms with Gasteiger partial charge in [0.15, 0.2) is 0 Å². The molecule has 176 valence electrons. The Hall–Kier alpha value is -3.60. The van der Waals surface area contributed by atoms with Gasteiger partial charge in [0.1, 0.15) is 23.4 Å². The van der Waals surface area contributed by atoms with Crippen LogP contribution in [-0.2, 0) is 11.2 Å². The first-order valence-electron chi connectivity index (χ1n) is 10.3. The van der Waals surface area contributed by atoms with Crippen molar-refractivity contribution < 1.29 is 28.2 Å². The van der Waals surface area contributed by atoms with Gasteiger partial charge in [0, 0.05) is 23.7 Å². The number of amides is 2. The van der Waals surface area contributed by atoms with Crippen LogP contribution in [0.5, 0.6) is 5.75 Å². The fourth-order valence-electron chi connectivity index (χ4n) is 3.53. The zero-order valence-electron chi connectivity index (χ0n) is 19.4. The van der Waals surface area contributed by atoms with Crippen LogP contribution in [0.1, 0.15) is 33.3 Å². The number of halogens is 2. The highest BCUT2D eigenvalue weighted by molar-refractivity contribution is 5.99. The Bertz CT molecular complexity index is 1030. The van der Waals surface area contributed by atoms with Crippen LogP contribution in [0.2, 0.25) is 0 Å². The van der Waals surface area contributed by atoms with Crippen LogP contribution in [0, 0.1) is 23.5 Å². The lowest BCUT2D eigenvalue weighted by Gasteiger charge is -2.40. The molecule has 0 aliphatic carbocycles. The molecular weight excluding hydrogens is 430 g/mol. The Balaban J connectivity index is 2.59. The van der Waals surface area contributed by atoms with Crippen molar-refractivity contribution in [3.05, 3.63) is 59.7 Å². The maximum absolute atomic E-state index is 13.8. The fourth-order valence-corrected chi connectivity index (χ4v) is 3.53. The second-order valence-corrected chi connectivity index (χ2v) is 8.37. The number of carbonyl (C=O) groups is 2. The average Bonchev–Trinajstić information content (AvgIpc) is 2.71. The summed E-state index contributed by atoms with van der Waals surface area (Å²) in [6, 6.07) is 8.31. The molecule has 0 saturated carbocycles. The van der Waals surface area contributed by atoms with E-state index in [1.54, 1.807) is 52.0 Å². The number of anilines is 1. The van der Waals surface area contributed by atoms with Crippen molar-refractivity contribution in [3.63, 3.8) is 0 Å². The van der Waals surface area contributed by atoms with E-state index < -0.39 is 35.2 Å². The van der Waals surface area contributed by atoms with Crippen molar-refractivity contribution in [1.82, 2.24) is 4.90 Å². The Morgan fingerprint density at radius 1 is 1.09 bits per heavy atom. The molecular formula is C25H28F2N2O4.